The number of rotatable bonds is 2. The van der Waals surface area contributed by atoms with Crippen LogP contribution in [0.15, 0.2) is 28.4 Å². The van der Waals surface area contributed by atoms with Crippen molar-refractivity contribution in [2.45, 2.75) is 20.0 Å². The smallest absolute Gasteiger partial charge is 0.126 e. The lowest BCUT2D eigenvalue weighted by molar-refractivity contribution is 0.232. The zero-order valence-corrected chi connectivity index (χ0v) is 6.74. The molecule has 0 aromatic carbocycles. The van der Waals surface area contributed by atoms with Gasteiger partial charge >= 0.3 is 0 Å². The summed E-state index contributed by atoms with van der Waals surface area (Å²) in [4.78, 5) is 0. The Hall–Kier alpha value is -1.02. The Morgan fingerprint density at radius 2 is 2.45 bits per heavy atom. The van der Waals surface area contributed by atoms with Gasteiger partial charge in [0.15, 0.2) is 0 Å². The van der Waals surface area contributed by atoms with Crippen molar-refractivity contribution in [2.75, 3.05) is 0 Å². The molecule has 1 rings (SSSR count). The summed E-state index contributed by atoms with van der Waals surface area (Å²) in [5.41, 5.74) is 0.903. The molecule has 2 nitrogen and oxygen atoms in total. The van der Waals surface area contributed by atoms with Crippen LogP contribution in [0.1, 0.15) is 19.6 Å². The lowest BCUT2D eigenvalue weighted by Gasteiger charge is -2.01. The molecule has 0 saturated carbocycles. The van der Waals surface area contributed by atoms with Crippen LogP contribution >= 0.6 is 0 Å². The number of hydrogen-bond acceptors (Lipinski definition) is 2. The SMILES string of the molecule is C/C(=C\c1ccco1)C(C)O. The van der Waals surface area contributed by atoms with Gasteiger partial charge in [0.25, 0.3) is 0 Å². The lowest BCUT2D eigenvalue weighted by Crippen LogP contribution is -1.99. The molecule has 1 atom stereocenters. The molecule has 0 radical (unpaired) electrons. The van der Waals surface area contributed by atoms with Gasteiger partial charge in [0.1, 0.15) is 5.76 Å². The highest BCUT2D eigenvalue weighted by Crippen LogP contribution is 2.09. The average Bonchev–Trinajstić information content (AvgIpc) is 2.39. The predicted molar refractivity (Wildman–Crippen MR) is 44.0 cm³/mol. The molecule has 11 heavy (non-hydrogen) atoms. The van der Waals surface area contributed by atoms with Crippen molar-refractivity contribution in [1.29, 1.82) is 0 Å². The fourth-order valence-electron chi connectivity index (χ4n) is 0.718. The molecule has 0 spiro atoms. The number of hydrogen-bond donors (Lipinski definition) is 1. The van der Waals surface area contributed by atoms with Crippen LogP contribution in [0, 0.1) is 0 Å². The first-order chi connectivity index (χ1) is 5.20. The highest BCUT2D eigenvalue weighted by molar-refractivity contribution is 5.47. The molecule has 1 N–H and O–H groups in total. The Morgan fingerprint density at radius 3 is 2.91 bits per heavy atom. The van der Waals surface area contributed by atoms with Crippen molar-refractivity contribution < 1.29 is 9.52 Å². The van der Waals surface area contributed by atoms with E-state index in [4.69, 9.17) is 9.52 Å². The van der Waals surface area contributed by atoms with Crippen LogP contribution in [0.5, 0.6) is 0 Å². The van der Waals surface area contributed by atoms with Crippen LogP contribution in [0.4, 0.5) is 0 Å². The van der Waals surface area contributed by atoms with Crippen molar-refractivity contribution in [2.24, 2.45) is 0 Å². The third-order valence-electron chi connectivity index (χ3n) is 1.57. The molecule has 0 aliphatic heterocycles. The summed E-state index contributed by atoms with van der Waals surface area (Å²) in [6, 6.07) is 3.67. The maximum absolute atomic E-state index is 9.11. The molecule has 1 aromatic heterocycles. The molecule has 1 unspecified atom stereocenters. The summed E-state index contributed by atoms with van der Waals surface area (Å²) in [7, 11) is 0. The molecule has 2 heteroatoms. The van der Waals surface area contributed by atoms with E-state index in [-0.39, 0.29) is 0 Å². The fourth-order valence-corrected chi connectivity index (χ4v) is 0.718. The minimum Gasteiger partial charge on any atom is -0.465 e. The van der Waals surface area contributed by atoms with Crippen LogP contribution in [0.25, 0.3) is 6.08 Å². The Balaban J connectivity index is 2.74. The van der Waals surface area contributed by atoms with Gasteiger partial charge in [-0.05, 0) is 37.6 Å². The summed E-state index contributed by atoms with van der Waals surface area (Å²) >= 11 is 0. The lowest BCUT2D eigenvalue weighted by atomic mass is 10.2. The maximum Gasteiger partial charge on any atom is 0.126 e. The zero-order chi connectivity index (χ0) is 8.27. The normalized spacial score (nSPS) is 15.0. The van der Waals surface area contributed by atoms with Crippen molar-refractivity contribution >= 4 is 6.08 Å². The summed E-state index contributed by atoms with van der Waals surface area (Å²) in [5, 5.41) is 9.11. The predicted octanol–water partition coefficient (Wildman–Crippen LogP) is 2.06. The van der Waals surface area contributed by atoms with Gasteiger partial charge in [-0.2, -0.15) is 0 Å². The number of furan rings is 1. The second-order valence-corrected chi connectivity index (χ2v) is 2.58. The van der Waals surface area contributed by atoms with Gasteiger partial charge in [-0.15, -0.1) is 0 Å². The molecule has 0 fully saturated rings. The molecule has 0 aliphatic carbocycles. The van der Waals surface area contributed by atoms with Gasteiger partial charge in [-0.1, -0.05) is 0 Å². The van der Waals surface area contributed by atoms with E-state index in [9.17, 15) is 0 Å². The molecule has 60 valence electrons. The zero-order valence-electron chi connectivity index (χ0n) is 6.74. The average molecular weight is 152 g/mol. The van der Waals surface area contributed by atoms with E-state index in [1.807, 2.05) is 25.1 Å². The first-order valence-electron chi connectivity index (χ1n) is 3.60. The van der Waals surface area contributed by atoms with Gasteiger partial charge in [0.2, 0.25) is 0 Å². The summed E-state index contributed by atoms with van der Waals surface area (Å²) in [6.45, 7) is 3.60. The topological polar surface area (TPSA) is 33.4 Å². The van der Waals surface area contributed by atoms with E-state index < -0.39 is 6.10 Å². The third kappa shape index (κ3) is 2.24. The monoisotopic (exact) mass is 152 g/mol. The standard InChI is InChI=1S/C9H12O2/c1-7(8(2)10)6-9-4-3-5-11-9/h3-6,8,10H,1-2H3/b7-6+. The molecule has 0 saturated heterocycles. The molecule has 1 heterocycles. The van der Waals surface area contributed by atoms with Gasteiger partial charge in [0.05, 0.1) is 12.4 Å². The van der Waals surface area contributed by atoms with Gasteiger partial charge in [0, 0.05) is 0 Å². The van der Waals surface area contributed by atoms with Crippen molar-refractivity contribution in [3.63, 3.8) is 0 Å². The number of aliphatic hydroxyl groups excluding tert-OH is 1. The molecule has 1 aromatic rings. The highest BCUT2D eigenvalue weighted by Gasteiger charge is 1.98. The van der Waals surface area contributed by atoms with Crippen LogP contribution < -0.4 is 0 Å². The summed E-state index contributed by atoms with van der Waals surface area (Å²) < 4.78 is 5.07. The van der Waals surface area contributed by atoms with Crippen molar-refractivity contribution in [1.82, 2.24) is 0 Å². The van der Waals surface area contributed by atoms with E-state index in [1.165, 1.54) is 0 Å². The Bertz CT molecular complexity index is 232. The minimum atomic E-state index is -0.403. The highest BCUT2D eigenvalue weighted by atomic mass is 16.3. The molecular weight excluding hydrogens is 140 g/mol. The summed E-state index contributed by atoms with van der Waals surface area (Å²) in [5.74, 6) is 0.781. The van der Waals surface area contributed by atoms with E-state index in [0.717, 1.165) is 11.3 Å². The Kier molecular flexibility index (Phi) is 2.49. The second-order valence-electron chi connectivity index (χ2n) is 2.58. The Morgan fingerprint density at radius 1 is 1.73 bits per heavy atom. The van der Waals surface area contributed by atoms with Gasteiger partial charge in [-0.25, -0.2) is 0 Å². The van der Waals surface area contributed by atoms with Crippen molar-refractivity contribution in [3.8, 4) is 0 Å². The Labute approximate surface area is 66.2 Å². The quantitative estimate of drug-likeness (QED) is 0.703. The third-order valence-corrected chi connectivity index (χ3v) is 1.57. The van der Waals surface area contributed by atoms with E-state index in [1.54, 1.807) is 13.2 Å². The largest absolute Gasteiger partial charge is 0.465 e. The van der Waals surface area contributed by atoms with Crippen molar-refractivity contribution in [3.05, 3.63) is 29.7 Å². The minimum absolute atomic E-state index is 0.403. The van der Waals surface area contributed by atoms with Gasteiger partial charge < -0.3 is 9.52 Å². The van der Waals surface area contributed by atoms with E-state index in [2.05, 4.69) is 0 Å². The maximum atomic E-state index is 9.11. The van der Waals surface area contributed by atoms with E-state index >= 15 is 0 Å². The van der Waals surface area contributed by atoms with Crippen LogP contribution in [0.2, 0.25) is 0 Å². The summed E-state index contributed by atoms with van der Waals surface area (Å²) in [6.07, 6.45) is 3.03. The fraction of sp³-hybridized carbons (Fsp3) is 0.333. The van der Waals surface area contributed by atoms with Crippen LogP contribution in [-0.4, -0.2) is 11.2 Å². The molecule has 0 amide bonds. The first kappa shape index (κ1) is 8.08. The van der Waals surface area contributed by atoms with E-state index in [0.29, 0.717) is 0 Å². The van der Waals surface area contributed by atoms with Crippen LogP contribution in [-0.2, 0) is 0 Å². The molecular formula is C9H12O2. The number of aliphatic hydroxyl groups is 1. The molecule has 0 aliphatic rings. The second kappa shape index (κ2) is 3.39. The first-order valence-corrected chi connectivity index (χ1v) is 3.60. The van der Waals surface area contributed by atoms with Gasteiger partial charge in [-0.3, -0.25) is 0 Å². The van der Waals surface area contributed by atoms with Crippen LogP contribution in [0.3, 0.4) is 0 Å². The molecule has 0 bridgehead atoms.